The van der Waals surface area contributed by atoms with Crippen LogP contribution in [0.25, 0.3) is 0 Å². The molecule has 1 aromatic carbocycles. The monoisotopic (exact) mass is 310 g/mol. The van der Waals surface area contributed by atoms with Crippen molar-refractivity contribution < 1.29 is 23.8 Å². The summed E-state index contributed by atoms with van der Waals surface area (Å²) in [5.41, 5.74) is 0.131. The Hall–Kier alpha value is -1.75. The molecule has 0 aromatic heterocycles. The number of rotatable bonds is 7. The molecule has 0 heterocycles. The normalized spacial score (nSPS) is 12.8. The summed E-state index contributed by atoms with van der Waals surface area (Å²) in [5, 5.41) is 9.83. The second-order valence-electron chi connectivity index (χ2n) is 6.33. The highest BCUT2D eigenvalue weighted by Crippen LogP contribution is 2.12. The third-order valence-corrected chi connectivity index (χ3v) is 2.88. The first-order chi connectivity index (χ1) is 10.2. The molecule has 1 unspecified atom stereocenters. The van der Waals surface area contributed by atoms with Gasteiger partial charge >= 0.3 is 5.97 Å². The molecule has 122 valence electrons. The quantitative estimate of drug-likeness (QED) is 0.621. The van der Waals surface area contributed by atoms with E-state index in [1.165, 1.54) is 12.1 Å². The van der Waals surface area contributed by atoms with Gasteiger partial charge in [-0.3, -0.25) is 9.59 Å². The van der Waals surface area contributed by atoms with Crippen LogP contribution >= 0.6 is 0 Å². The Labute approximate surface area is 130 Å². The smallest absolute Gasteiger partial charge is 0.313 e. The van der Waals surface area contributed by atoms with E-state index in [0.717, 1.165) is 5.56 Å². The summed E-state index contributed by atoms with van der Waals surface area (Å²) in [6, 6.07) is 6.11. The molecular weight excluding hydrogens is 287 g/mol. The lowest BCUT2D eigenvalue weighted by Crippen LogP contribution is -2.26. The molecule has 1 N–H and O–H groups in total. The fourth-order valence-electron chi connectivity index (χ4n) is 2.00. The number of esters is 1. The van der Waals surface area contributed by atoms with Crippen molar-refractivity contribution in [2.45, 2.75) is 58.2 Å². The van der Waals surface area contributed by atoms with E-state index in [1.54, 1.807) is 32.9 Å². The van der Waals surface area contributed by atoms with E-state index < -0.39 is 17.7 Å². The van der Waals surface area contributed by atoms with E-state index in [0.29, 0.717) is 12.8 Å². The molecule has 5 heteroatoms. The average molecular weight is 310 g/mol. The van der Waals surface area contributed by atoms with Crippen LogP contribution in [-0.4, -0.2) is 28.6 Å². The van der Waals surface area contributed by atoms with E-state index in [4.69, 9.17) is 4.74 Å². The fourth-order valence-corrected chi connectivity index (χ4v) is 2.00. The predicted octanol–water partition coefficient (Wildman–Crippen LogP) is 2.81. The molecule has 0 radical (unpaired) electrons. The van der Waals surface area contributed by atoms with Crippen LogP contribution in [0.4, 0.5) is 4.39 Å². The van der Waals surface area contributed by atoms with Gasteiger partial charge in [-0.15, -0.1) is 0 Å². The molecule has 0 aliphatic carbocycles. The van der Waals surface area contributed by atoms with Crippen LogP contribution in [0.2, 0.25) is 0 Å². The van der Waals surface area contributed by atoms with Gasteiger partial charge in [0, 0.05) is 6.42 Å². The lowest BCUT2D eigenvalue weighted by atomic mass is 10.0. The summed E-state index contributed by atoms with van der Waals surface area (Å²) in [4.78, 5) is 23.2. The van der Waals surface area contributed by atoms with Crippen molar-refractivity contribution in [2.24, 2.45) is 0 Å². The lowest BCUT2D eigenvalue weighted by molar-refractivity contribution is -0.156. The SMILES string of the molecule is CC(C)(C)OC(=O)CC(=O)CC(O)CCc1cccc(F)c1. The van der Waals surface area contributed by atoms with Gasteiger partial charge in [0.2, 0.25) is 0 Å². The van der Waals surface area contributed by atoms with E-state index >= 15 is 0 Å². The molecule has 0 saturated heterocycles. The van der Waals surface area contributed by atoms with Gasteiger partial charge in [0.1, 0.15) is 23.6 Å². The van der Waals surface area contributed by atoms with E-state index in [-0.39, 0.29) is 24.4 Å². The number of hydrogen-bond donors (Lipinski definition) is 1. The van der Waals surface area contributed by atoms with Gasteiger partial charge in [-0.05, 0) is 51.3 Å². The van der Waals surface area contributed by atoms with Crippen LogP contribution in [0.5, 0.6) is 0 Å². The molecule has 22 heavy (non-hydrogen) atoms. The van der Waals surface area contributed by atoms with Gasteiger partial charge in [0.05, 0.1) is 6.10 Å². The van der Waals surface area contributed by atoms with Crippen LogP contribution in [0.15, 0.2) is 24.3 Å². The van der Waals surface area contributed by atoms with E-state index in [1.807, 2.05) is 0 Å². The molecule has 0 spiro atoms. The molecule has 0 saturated carbocycles. The minimum atomic E-state index is -0.849. The number of ether oxygens (including phenoxy) is 1. The van der Waals surface area contributed by atoms with Crippen molar-refractivity contribution in [3.63, 3.8) is 0 Å². The van der Waals surface area contributed by atoms with E-state index in [2.05, 4.69) is 0 Å². The third-order valence-electron chi connectivity index (χ3n) is 2.88. The second-order valence-corrected chi connectivity index (χ2v) is 6.33. The number of hydrogen-bond acceptors (Lipinski definition) is 4. The molecule has 0 fully saturated rings. The maximum Gasteiger partial charge on any atom is 0.313 e. The Bertz CT molecular complexity index is 520. The number of carbonyl (C=O) groups is 2. The standard InChI is InChI=1S/C17H23FO4/c1-17(2,3)22-16(21)11-15(20)10-14(19)8-7-12-5-4-6-13(18)9-12/h4-6,9,14,19H,7-8,10-11H2,1-3H3. The van der Waals surface area contributed by atoms with Crippen LogP contribution in [0.1, 0.15) is 45.6 Å². The number of carbonyl (C=O) groups excluding carboxylic acids is 2. The Morgan fingerprint density at radius 2 is 2.00 bits per heavy atom. The predicted molar refractivity (Wildman–Crippen MR) is 80.8 cm³/mol. The lowest BCUT2D eigenvalue weighted by Gasteiger charge is -2.19. The number of aryl methyl sites for hydroxylation is 1. The zero-order chi connectivity index (χ0) is 16.8. The van der Waals surface area contributed by atoms with Crippen molar-refractivity contribution in [2.75, 3.05) is 0 Å². The van der Waals surface area contributed by atoms with Crippen molar-refractivity contribution >= 4 is 11.8 Å². The highest BCUT2D eigenvalue weighted by atomic mass is 19.1. The van der Waals surface area contributed by atoms with E-state index in [9.17, 15) is 19.1 Å². The summed E-state index contributed by atoms with van der Waals surface area (Å²) in [6.07, 6.45) is -0.483. The molecule has 1 rings (SSSR count). The topological polar surface area (TPSA) is 63.6 Å². The fraction of sp³-hybridized carbons (Fsp3) is 0.529. The molecule has 0 bridgehead atoms. The summed E-state index contributed by atoms with van der Waals surface area (Å²) < 4.78 is 18.1. The Balaban J connectivity index is 2.33. The molecule has 1 atom stereocenters. The van der Waals surface area contributed by atoms with Crippen molar-refractivity contribution in [1.82, 2.24) is 0 Å². The Morgan fingerprint density at radius 1 is 1.32 bits per heavy atom. The molecule has 0 amide bonds. The van der Waals surface area contributed by atoms with Crippen LogP contribution < -0.4 is 0 Å². The van der Waals surface area contributed by atoms with Gasteiger partial charge in [-0.2, -0.15) is 0 Å². The number of Topliss-reactive ketones (excluding diaryl/α,β-unsaturated/α-hetero) is 1. The highest BCUT2D eigenvalue weighted by Gasteiger charge is 2.20. The number of benzene rings is 1. The Kier molecular flexibility index (Phi) is 6.68. The molecular formula is C17H23FO4. The molecule has 0 aliphatic heterocycles. The van der Waals surface area contributed by atoms with Crippen molar-refractivity contribution in [3.05, 3.63) is 35.6 Å². The van der Waals surface area contributed by atoms with Crippen LogP contribution in [-0.2, 0) is 20.7 Å². The first kappa shape index (κ1) is 18.3. The molecule has 4 nitrogen and oxygen atoms in total. The highest BCUT2D eigenvalue weighted by molar-refractivity contribution is 5.95. The largest absolute Gasteiger partial charge is 0.460 e. The number of aliphatic hydroxyl groups is 1. The average Bonchev–Trinajstić information content (AvgIpc) is 2.33. The second kappa shape index (κ2) is 8.03. The van der Waals surface area contributed by atoms with Gasteiger partial charge in [-0.1, -0.05) is 12.1 Å². The number of halogens is 1. The van der Waals surface area contributed by atoms with Gasteiger partial charge in [-0.25, -0.2) is 4.39 Å². The summed E-state index contributed by atoms with van der Waals surface area (Å²) in [5.74, 6) is -1.27. The Morgan fingerprint density at radius 3 is 2.59 bits per heavy atom. The molecule has 1 aromatic rings. The maximum absolute atomic E-state index is 13.0. The minimum absolute atomic E-state index is 0.103. The van der Waals surface area contributed by atoms with Gasteiger partial charge < -0.3 is 9.84 Å². The van der Waals surface area contributed by atoms with Crippen molar-refractivity contribution in [1.29, 1.82) is 0 Å². The summed E-state index contributed by atoms with van der Waals surface area (Å²) in [7, 11) is 0. The minimum Gasteiger partial charge on any atom is -0.460 e. The number of ketones is 1. The van der Waals surface area contributed by atoms with Gasteiger partial charge in [0.15, 0.2) is 0 Å². The first-order valence-corrected chi connectivity index (χ1v) is 7.32. The zero-order valence-electron chi connectivity index (χ0n) is 13.3. The summed E-state index contributed by atoms with van der Waals surface area (Å²) >= 11 is 0. The van der Waals surface area contributed by atoms with Crippen LogP contribution in [0.3, 0.4) is 0 Å². The van der Waals surface area contributed by atoms with Gasteiger partial charge in [0.25, 0.3) is 0 Å². The van der Waals surface area contributed by atoms with Crippen molar-refractivity contribution in [3.8, 4) is 0 Å². The first-order valence-electron chi connectivity index (χ1n) is 7.32. The maximum atomic E-state index is 13.0. The zero-order valence-corrected chi connectivity index (χ0v) is 13.3. The summed E-state index contributed by atoms with van der Waals surface area (Å²) in [6.45, 7) is 5.18. The molecule has 0 aliphatic rings. The number of aliphatic hydroxyl groups excluding tert-OH is 1. The van der Waals surface area contributed by atoms with Crippen LogP contribution in [0, 0.1) is 5.82 Å². The third kappa shape index (κ3) is 7.88.